The van der Waals surface area contributed by atoms with Gasteiger partial charge in [-0.15, -0.1) is 0 Å². The molecule has 110 valence electrons. The molecule has 0 saturated carbocycles. The SMILES string of the molecule is CNC(O)c1cccc(-c2cc(C(C)=O)ccc2OC)c1. The van der Waals surface area contributed by atoms with Crippen LogP contribution in [-0.4, -0.2) is 25.0 Å². The summed E-state index contributed by atoms with van der Waals surface area (Å²) in [5, 5.41) is 12.7. The Bertz CT molecular complexity index is 652. The van der Waals surface area contributed by atoms with Crippen LogP contribution in [0.25, 0.3) is 11.1 Å². The lowest BCUT2D eigenvalue weighted by atomic mass is 9.98. The Morgan fingerprint density at radius 1 is 1.24 bits per heavy atom. The second-order valence-corrected chi connectivity index (χ2v) is 4.79. The lowest BCUT2D eigenvalue weighted by Crippen LogP contribution is -2.15. The van der Waals surface area contributed by atoms with Crippen molar-refractivity contribution in [1.82, 2.24) is 5.32 Å². The van der Waals surface area contributed by atoms with Gasteiger partial charge in [-0.05, 0) is 49.4 Å². The predicted molar refractivity (Wildman–Crippen MR) is 82.5 cm³/mol. The molecule has 4 heteroatoms. The molecule has 2 rings (SSSR count). The molecule has 0 aliphatic carbocycles. The first-order valence-corrected chi connectivity index (χ1v) is 6.71. The van der Waals surface area contributed by atoms with Crippen LogP contribution in [0.4, 0.5) is 0 Å². The number of rotatable bonds is 5. The van der Waals surface area contributed by atoms with Crippen molar-refractivity contribution in [2.45, 2.75) is 13.2 Å². The number of carbonyl (C=O) groups excluding carboxylic acids is 1. The number of carbonyl (C=O) groups is 1. The lowest BCUT2D eigenvalue weighted by molar-refractivity contribution is 0.101. The van der Waals surface area contributed by atoms with Gasteiger partial charge < -0.3 is 9.84 Å². The molecule has 2 aromatic carbocycles. The number of hydrogen-bond donors (Lipinski definition) is 2. The molecule has 0 heterocycles. The van der Waals surface area contributed by atoms with Gasteiger partial charge in [-0.25, -0.2) is 0 Å². The van der Waals surface area contributed by atoms with E-state index in [1.54, 1.807) is 26.3 Å². The molecule has 0 aliphatic heterocycles. The monoisotopic (exact) mass is 285 g/mol. The number of nitrogens with one attached hydrogen (secondary N) is 1. The van der Waals surface area contributed by atoms with Gasteiger partial charge >= 0.3 is 0 Å². The minimum Gasteiger partial charge on any atom is -0.496 e. The van der Waals surface area contributed by atoms with E-state index >= 15 is 0 Å². The number of benzene rings is 2. The van der Waals surface area contributed by atoms with Gasteiger partial charge in [-0.1, -0.05) is 18.2 Å². The molecule has 0 saturated heterocycles. The van der Waals surface area contributed by atoms with Crippen LogP contribution in [0.15, 0.2) is 42.5 Å². The fraction of sp³-hybridized carbons (Fsp3) is 0.235. The van der Waals surface area contributed by atoms with Crippen LogP contribution in [0.1, 0.15) is 29.1 Å². The zero-order valence-corrected chi connectivity index (χ0v) is 12.4. The summed E-state index contributed by atoms with van der Waals surface area (Å²) < 4.78 is 5.37. The largest absolute Gasteiger partial charge is 0.496 e. The molecule has 0 aliphatic rings. The van der Waals surface area contributed by atoms with Crippen LogP contribution in [0.3, 0.4) is 0 Å². The molecule has 0 fully saturated rings. The highest BCUT2D eigenvalue weighted by Gasteiger charge is 2.11. The summed E-state index contributed by atoms with van der Waals surface area (Å²) in [5.74, 6) is 0.696. The van der Waals surface area contributed by atoms with E-state index in [2.05, 4.69) is 5.32 Å². The molecule has 0 spiro atoms. The molecular weight excluding hydrogens is 266 g/mol. The molecule has 0 aromatic heterocycles. The molecule has 0 bridgehead atoms. The van der Waals surface area contributed by atoms with E-state index in [0.29, 0.717) is 11.3 Å². The summed E-state index contributed by atoms with van der Waals surface area (Å²) in [7, 11) is 3.28. The van der Waals surface area contributed by atoms with Crippen LogP contribution in [-0.2, 0) is 0 Å². The van der Waals surface area contributed by atoms with Crippen LogP contribution >= 0.6 is 0 Å². The van der Waals surface area contributed by atoms with Crippen molar-refractivity contribution in [2.24, 2.45) is 0 Å². The van der Waals surface area contributed by atoms with E-state index in [1.807, 2.05) is 30.3 Å². The second kappa shape index (κ2) is 6.52. The molecule has 2 N–H and O–H groups in total. The third-order valence-corrected chi connectivity index (χ3v) is 3.39. The van der Waals surface area contributed by atoms with Crippen molar-refractivity contribution in [2.75, 3.05) is 14.2 Å². The van der Waals surface area contributed by atoms with E-state index in [-0.39, 0.29) is 5.78 Å². The van der Waals surface area contributed by atoms with Crippen molar-refractivity contribution < 1.29 is 14.6 Å². The van der Waals surface area contributed by atoms with Gasteiger partial charge in [0.2, 0.25) is 0 Å². The standard InChI is InChI=1S/C17H19NO3/c1-11(19)12-7-8-16(21-3)15(10-12)13-5-4-6-14(9-13)17(20)18-2/h4-10,17-18,20H,1-3H3. The Kier molecular flexibility index (Phi) is 4.73. The zero-order chi connectivity index (χ0) is 15.4. The van der Waals surface area contributed by atoms with Gasteiger partial charge in [-0.3, -0.25) is 10.1 Å². The van der Waals surface area contributed by atoms with Crippen LogP contribution in [0.5, 0.6) is 5.75 Å². The molecule has 1 unspecified atom stereocenters. The Morgan fingerprint density at radius 2 is 2.00 bits per heavy atom. The normalized spacial score (nSPS) is 12.0. The predicted octanol–water partition coefficient (Wildman–Crippen LogP) is 2.78. The topological polar surface area (TPSA) is 58.6 Å². The van der Waals surface area contributed by atoms with Crippen molar-refractivity contribution in [3.05, 3.63) is 53.6 Å². The van der Waals surface area contributed by atoms with E-state index in [0.717, 1.165) is 16.7 Å². The summed E-state index contributed by atoms with van der Waals surface area (Å²) in [6.45, 7) is 1.53. The summed E-state index contributed by atoms with van der Waals surface area (Å²) in [6.07, 6.45) is -0.730. The third-order valence-electron chi connectivity index (χ3n) is 3.39. The first-order valence-electron chi connectivity index (χ1n) is 6.71. The average molecular weight is 285 g/mol. The summed E-state index contributed by atoms with van der Waals surface area (Å²) in [5.41, 5.74) is 3.10. The third kappa shape index (κ3) is 3.29. The minimum absolute atomic E-state index is 0.00492. The number of aliphatic hydroxyl groups is 1. The van der Waals surface area contributed by atoms with Gasteiger partial charge in [0.15, 0.2) is 5.78 Å². The number of aliphatic hydroxyl groups excluding tert-OH is 1. The highest BCUT2D eigenvalue weighted by Crippen LogP contribution is 2.32. The van der Waals surface area contributed by atoms with Gasteiger partial charge in [0.1, 0.15) is 12.0 Å². The maximum Gasteiger partial charge on any atom is 0.159 e. The molecular formula is C17H19NO3. The highest BCUT2D eigenvalue weighted by atomic mass is 16.5. The summed E-state index contributed by atoms with van der Waals surface area (Å²) in [4.78, 5) is 11.6. The van der Waals surface area contributed by atoms with E-state index < -0.39 is 6.23 Å². The molecule has 4 nitrogen and oxygen atoms in total. The second-order valence-electron chi connectivity index (χ2n) is 4.79. The summed E-state index contributed by atoms with van der Waals surface area (Å²) in [6, 6.07) is 12.9. The number of Topliss-reactive ketones (excluding diaryl/α,β-unsaturated/α-hetero) is 1. The Morgan fingerprint density at radius 3 is 2.62 bits per heavy atom. The van der Waals surface area contributed by atoms with Crippen LogP contribution < -0.4 is 10.1 Å². The minimum atomic E-state index is -0.730. The smallest absolute Gasteiger partial charge is 0.159 e. The van der Waals surface area contributed by atoms with E-state index in [4.69, 9.17) is 4.74 Å². The highest BCUT2D eigenvalue weighted by molar-refractivity contribution is 5.96. The molecule has 1 atom stereocenters. The molecule has 0 amide bonds. The fourth-order valence-corrected chi connectivity index (χ4v) is 2.20. The summed E-state index contributed by atoms with van der Waals surface area (Å²) >= 11 is 0. The van der Waals surface area contributed by atoms with Gasteiger partial charge in [0.05, 0.1) is 7.11 Å². The maximum atomic E-state index is 11.6. The fourth-order valence-electron chi connectivity index (χ4n) is 2.20. The van der Waals surface area contributed by atoms with Crippen LogP contribution in [0, 0.1) is 0 Å². The van der Waals surface area contributed by atoms with Crippen molar-refractivity contribution in [3.63, 3.8) is 0 Å². The number of ether oxygens (including phenoxy) is 1. The average Bonchev–Trinajstić information content (AvgIpc) is 2.53. The number of ketones is 1. The van der Waals surface area contributed by atoms with Crippen molar-refractivity contribution in [3.8, 4) is 16.9 Å². The maximum absolute atomic E-state index is 11.6. The first kappa shape index (κ1) is 15.2. The molecule has 2 aromatic rings. The quantitative estimate of drug-likeness (QED) is 0.655. The molecule has 21 heavy (non-hydrogen) atoms. The number of methoxy groups -OCH3 is 1. The first-order chi connectivity index (χ1) is 10.1. The van der Waals surface area contributed by atoms with Gasteiger partial charge in [-0.2, -0.15) is 0 Å². The molecule has 0 radical (unpaired) electrons. The Hall–Kier alpha value is -2.17. The van der Waals surface area contributed by atoms with Gasteiger partial charge in [0.25, 0.3) is 0 Å². The van der Waals surface area contributed by atoms with Crippen molar-refractivity contribution in [1.29, 1.82) is 0 Å². The Labute approximate surface area is 124 Å². The van der Waals surface area contributed by atoms with Gasteiger partial charge in [0, 0.05) is 11.1 Å². The Balaban J connectivity index is 2.54. The van der Waals surface area contributed by atoms with E-state index in [9.17, 15) is 9.90 Å². The van der Waals surface area contributed by atoms with E-state index in [1.165, 1.54) is 6.92 Å². The van der Waals surface area contributed by atoms with Crippen LogP contribution in [0.2, 0.25) is 0 Å². The lowest BCUT2D eigenvalue weighted by Gasteiger charge is -2.14. The van der Waals surface area contributed by atoms with Crippen molar-refractivity contribution >= 4 is 5.78 Å². The zero-order valence-electron chi connectivity index (χ0n) is 12.4. The number of hydrogen-bond acceptors (Lipinski definition) is 4.